The fraction of sp³-hybridized carbons (Fsp3) is 0.500. The summed E-state index contributed by atoms with van der Waals surface area (Å²) in [6.45, 7) is 6.17. The lowest BCUT2D eigenvalue weighted by molar-refractivity contribution is 0.0697. The Balaban J connectivity index is 2.33. The lowest BCUT2D eigenvalue weighted by Crippen LogP contribution is -2.34. The van der Waals surface area contributed by atoms with Crippen LogP contribution in [0.3, 0.4) is 0 Å². The van der Waals surface area contributed by atoms with E-state index in [2.05, 4.69) is 11.8 Å². The average Bonchev–Trinajstić information content (AvgIpc) is 2.30. The van der Waals surface area contributed by atoms with E-state index in [1.807, 2.05) is 19.1 Å². The van der Waals surface area contributed by atoms with Crippen LogP contribution in [0.25, 0.3) is 0 Å². The third-order valence-electron chi connectivity index (χ3n) is 3.57. The van der Waals surface area contributed by atoms with Gasteiger partial charge in [-0.05, 0) is 37.3 Å². The van der Waals surface area contributed by atoms with Crippen LogP contribution in [0.1, 0.15) is 35.7 Å². The van der Waals surface area contributed by atoms with Gasteiger partial charge in [0.25, 0.3) is 0 Å². The highest BCUT2D eigenvalue weighted by atomic mass is 16.4. The van der Waals surface area contributed by atoms with Gasteiger partial charge in [0.2, 0.25) is 0 Å². The number of hydrogen-bond acceptors (Lipinski definition) is 2. The predicted octanol–water partition coefficient (Wildman–Crippen LogP) is 2.93. The van der Waals surface area contributed by atoms with Crippen LogP contribution in [0.15, 0.2) is 18.2 Å². The third-order valence-corrected chi connectivity index (χ3v) is 3.57. The first-order chi connectivity index (χ1) is 8.09. The van der Waals surface area contributed by atoms with Crippen LogP contribution in [0.2, 0.25) is 0 Å². The van der Waals surface area contributed by atoms with Crippen LogP contribution >= 0.6 is 0 Å². The number of carboxylic acid groups (broad SMARTS) is 1. The van der Waals surface area contributed by atoms with E-state index in [4.69, 9.17) is 0 Å². The van der Waals surface area contributed by atoms with Crippen molar-refractivity contribution >= 4 is 11.7 Å². The molecule has 0 bridgehead atoms. The molecule has 1 aromatic carbocycles. The molecular weight excluding hydrogens is 214 g/mol. The normalized spacial score (nSPS) is 17.2. The van der Waals surface area contributed by atoms with Crippen molar-refractivity contribution in [2.75, 3.05) is 18.0 Å². The fourth-order valence-electron chi connectivity index (χ4n) is 2.48. The summed E-state index contributed by atoms with van der Waals surface area (Å²) < 4.78 is 0. The number of hydrogen-bond donors (Lipinski definition) is 1. The molecule has 1 aromatic rings. The lowest BCUT2D eigenvalue weighted by Gasteiger charge is -2.34. The van der Waals surface area contributed by atoms with Gasteiger partial charge in [0, 0.05) is 13.1 Å². The summed E-state index contributed by atoms with van der Waals surface area (Å²) in [5.41, 5.74) is 2.39. The summed E-state index contributed by atoms with van der Waals surface area (Å²) in [4.78, 5) is 13.5. The Labute approximate surface area is 102 Å². The van der Waals surface area contributed by atoms with Crippen LogP contribution in [0.4, 0.5) is 5.69 Å². The third kappa shape index (κ3) is 2.43. The molecule has 0 spiro atoms. The minimum absolute atomic E-state index is 0.430. The van der Waals surface area contributed by atoms with Gasteiger partial charge >= 0.3 is 5.97 Å². The predicted molar refractivity (Wildman–Crippen MR) is 68.7 cm³/mol. The molecule has 0 amide bonds. The Kier molecular flexibility index (Phi) is 3.36. The molecule has 0 atom stereocenters. The van der Waals surface area contributed by atoms with Gasteiger partial charge in [0.15, 0.2) is 0 Å². The Morgan fingerprint density at radius 3 is 2.59 bits per heavy atom. The van der Waals surface area contributed by atoms with Crippen molar-refractivity contribution in [2.24, 2.45) is 5.92 Å². The van der Waals surface area contributed by atoms with E-state index in [0.717, 1.165) is 43.1 Å². The zero-order valence-electron chi connectivity index (χ0n) is 10.4. The zero-order chi connectivity index (χ0) is 12.4. The smallest absolute Gasteiger partial charge is 0.337 e. The van der Waals surface area contributed by atoms with Gasteiger partial charge in [-0.3, -0.25) is 0 Å². The molecule has 0 aromatic heterocycles. The monoisotopic (exact) mass is 233 g/mol. The van der Waals surface area contributed by atoms with E-state index < -0.39 is 5.97 Å². The Morgan fingerprint density at radius 2 is 2.00 bits per heavy atom. The van der Waals surface area contributed by atoms with Crippen LogP contribution in [-0.4, -0.2) is 24.2 Å². The SMILES string of the molecule is Cc1cccc(C(=O)O)c1N1CCC(C)CC1. The number of para-hydroxylation sites is 1. The molecule has 0 radical (unpaired) electrons. The van der Waals surface area contributed by atoms with E-state index in [1.165, 1.54) is 0 Å². The quantitative estimate of drug-likeness (QED) is 0.853. The number of carboxylic acids is 1. The number of piperidine rings is 1. The number of benzene rings is 1. The number of aromatic carboxylic acids is 1. The second-order valence-corrected chi connectivity index (χ2v) is 4.95. The highest BCUT2D eigenvalue weighted by Gasteiger charge is 2.21. The standard InChI is InChI=1S/C14H19NO2/c1-10-6-8-15(9-7-10)13-11(2)4-3-5-12(13)14(16)17/h3-5,10H,6-9H2,1-2H3,(H,16,17). The van der Waals surface area contributed by atoms with Gasteiger partial charge in [-0.15, -0.1) is 0 Å². The number of aryl methyl sites for hydroxylation is 1. The maximum absolute atomic E-state index is 11.3. The van der Waals surface area contributed by atoms with Crippen LogP contribution in [0.5, 0.6) is 0 Å². The fourth-order valence-corrected chi connectivity index (χ4v) is 2.48. The van der Waals surface area contributed by atoms with Crippen LogP contribution < -0.4 is 4.90 Å². The van der Waals surface area contributed by atoms with Gasteiger partial charge in [-0.1, -0.05) is 19.1 Å². The minimum Gasteiger partial charge on any atom is -0.478 e. The lowest BCUT2D eigenvalue weighted by atomic mass is 9.97. The van der Waals surface area contributed by atoms with Crippen molar-refractivity contribution in [3.05, 3.63) is 29.3 Å². The maximum Gasteiger partial charge on any atom is 0.337 e. The van der Waals surface area contributed by atoms with Crippen molar-refractivity contribution in [1.82, 2.24) is 0 Å². The maximum atomic E-state index is 11.3. The number of anilines is 1. The molecule has 1 aliphatic heterocycles. The van der Waals surface area contributed by atoms with Crippen LogP contribution in [-0.2, 0) is 0 Å². The summed E-state index contributed by atoms with van der Waals surface area (Å²) in [5, 5.41) is 9.25. The summed E-state index contributed by atoms with van der Waals surface area (Å²) in [5.74, 6) is -0.0779. The summed E-state index contributed by atoms with van der Waals surface area (Å²) in [6.07, 6.45) is 2.29. The second-order valence-electron chi connectivity index (χ2n) is 4.95. The molecule has 1 saturated heterocycles. The van der Waals surface area contributed by atoms with Crippen molar-refractivity contribution in [2.45, 2.75) is 26.7 Å². The molecule has 1 N–H and O–H groups in total. The Hall–Kier alpha value is -1.51. The summed E-state index contributed by atoms with van der Waals surface area (Å²) in [6, 6.07) is 5.50. The first kappa shape index (κ1) is 12.0. The largest absolute Gasteiger partial charge is 0.478 e. The van der Waals surface area contributed by atoms with Gasteiger partial charge in [-0.25, -0.2) is 4.79 Å². The molecule has 1 aliphatic rings. The molecule has 0 aliphatic carbocycles. The molecule has 0 saturated carbocycles. The highest BCUT2D eigenvalue weighted by molar-refractivity contribution is 5.95. The molecule has 1 heterocycles. The molecule has 3 heteroatoms. The number of rotatable bonds is 2. The van der Waals surface area contributed by atoms with E-state index in [0.29, 0.717) is 5.56 Å². The molecule has 92 valence electrons. The zero-order valence-corrected chi connectivity index (χ0v) is 10.4. The van der Waals surface area contributed by atoms with Crippen molar-refractivity contribution in [3.63, 3.8) is 0 Å². The topological polar surface area (TPSA) is 40.5 Å². The first-order valence-electron chi connectivity index (χ1n) is 6.17. The van der Waals surface area contributed by atoms with Gasteiger partial charge < -0.3 is 10.0 Å². The minimum atomic E-state index is -0.831. The van der Waals surface area contributed by atoms with Crippen molar-refractivity contribution in [3.8, 4) is 0 Å². The Morgan fingerprint density at radius 1 is 1.35 bits per heavy atom. The van der Waals surface area contributed by atoms with Crippen molar-refractivity contribution in [1.29, 1.82) is 0 Å². The van der Waals surface area contributed by atoms with Crippen molar-refractivity contribution < 1.29 is 9.90 Å². The summed E-state index contributed by atoms with van der Waals surface area (Å²) in [7, 11) is 0. The Bertz CT molecular complexity index is 420. The van der Waals surface area contributed by atoms with E-state index >= 15 is 0 Å². The first-order valence-corrected chi connectivity index (χ1v) is 6.17. The average molecular weight is 233 g/mol. The molecular formula is C14H19NO2. The number of nitrogens with zero attached hydrogens (tertiary/aromatic N) is 1. The number of carbonyl (C=O) groups is 1. The molecule has 17 heavy (non-hydrogen) atoms. The van der Waals surface area contributed by atoms with Gasteiger partial charge in [0.1, 0.15) is 0 Å². The van der Waals surface area contributed by atoms with E-state index in [9.17, 15) is 9.90 Å². The molecule has 2 rings (SSSR count). The van der Waals surface area contributed by atoms with E-state index in [-0.39, 0.29) is 0 Å². The molecule has 1 fully saturated rings. The van der Waals surface area contributed by atoms with Gasteiger partial charge in [-0.2, -0.15) is 0 Å². The molecule has 0 unspecified atom stereocenters. The van der Waals surface area contributed by atoms with E-state index in [1.54, 1.807) is 6.07 Å². The second kappa shape index (κ2) is 4.78. The highest BCUT2D eigenvalue weighted by Crippen LogP contribution is 2.29. The van der Waals surface area contributed by atoms with Crippen LogP contribution in [0, 0.1) is 12.8 Å². The van der Waals surface area contributed by atoms with Gasteiger partial charge in [0.05, 0.1) is 11.3 Å². The summed E-state index contributed by atoms with van der Waals surface area (Å²) >= 11 is 0. The molecule has 3 nitrogen and oxygen atoms in total.